The second-order valence-corrected chi connectivity index (χ2v) is 12.0. The number of fused-ring (bicyclic) bond motifs is 1. The van der Waals surface area contributed by atoms with Crippen LogP contribution in [-0.2, 0) is 27.6 Å². The van der Waals surface area contributed by atoms with E-state index < -0.39 is 35.1 Å². The number of anilines is 1. The zero-order chi connectivity index (χ0) is 30.2. The number of piperidine rings is 1. The van der Waals surface area contributed by atoms with Gasteiger partial charge in [-0.3, -0.25) is 9.59 Å². The number of urea groups is 1. The molecule has 0 aromatic heterocycles. The molecule has 2 unspecified atom stereocenters. The van der Waals surface area contributed by atoms with Crippen molar-refractivity contribution >= 4 is 23.5 Å². The Morgan fingerprint density at radius 1 is 0.976 bits per heavy atom. The van der Waals surface area contributed by atoms with Gasteiger partial charge in [-0.15, -0.1) is 0 Å². The normalized spacial score (nSPS) is 21.4. The van der Waals surface area contributed by atoms with Gasteiger partial charge in [-0.05, 0) is 63.4 Å². The lowest BCUT2D eigenvalue weighted by Crippen LogP contribution is -2.56. The van der Waals surface area contributed by atoms with Gasteiger partial charge in [-0.25, -0.2) is 4.79 Å². The Balaban J connectivity index is 1.33. The van der Waals surface area contributed by atoms with Crippen molar-refractivity contribution in [1.82, 2.24) is 20.4 Å². The second kappa shape index (κ2) is 11.6. The molecule has 42 heavy (non-hydrogen) atoms. The molecular formula is C31H38F3N5O3. The number of hydrogen-bond acceptors (Lipinski definition) is 4. The fourth-order valence-electron chi connectivity index (χ4n) is 6.48. The van der Waals surface area contributed by atoms with Crippen LogP contribution in [0.25, 0.3) is 0 Å². The third kappa shape index (κ3) is 5.71. The molecule has 5 rings (SSSR count). The molecule has 2 N–H and O–H groups in total. The molecule has 3 aliphatic heterocycles. The number of alkyl halides is 3. The molecule has 3 heterocycles. The monoisotopic (exact) mass is 585 g/mol. The average molecular weight is 586 g/mol. The van der Waals surface area contributed by atoms with Crippen LogP contribution in [0.3, 0.4) is 0 Å². The first kappa shape index (κ1) is 29.9. The first-order valence-corrected chi connectivity index (χ1v) is 14.5. The van der Waals surface area contributed by atoms with E-state index in [0.29, 0.717) is 39.0 Å². The number of likely N-dealkylation sites (N-methyl/N-ethyl adjacent to an activating group) is 1. The van der Waals surface area contributed by atoms with Crippen LogP contribution >= 0.6 is 0 Å². The van der Waals surface area contributed by atoms with Gasteiger partial charge in [0.05, 0.1) is 11.0 Å². The van der Waals surface area contributed by atoms with Gasteiger partial charge in [0.2, 0.25) is 11.8 Å². The van der Waals surface area contributed by atoms with Crippen molar-refractivity contribution in [2.24, 2.45) is 0 Å². The third-order valence-corrected chi connectivity index (χ3v) is 8.96. The number of carbonyl (C=O) groups excluding carboxylic acids is 3. The highest BCUT2D eigenvalue weighted by molar-refractivity contribution is 6.08. The number of halogens is 3. The van der Waals surface area contributed by atoms with Gasteiger partial charge in [0.25, 0.3) is 0 Å². The van der Waals surface area contributed by atoms with Crippen molar-refractivity contribution < 1.29 is 27.6 Å². The molecule has 2 fully saturated rings. The van der Waals surface area contributed by atoms with Crippen molar-refractivity contribution in [1.29, 1.82) is 0 Å². The maximum absolute atomic E-state index is 13.8. The number of amides is 4. The summed E-state index contributed by atoms with van der Waals surface area (Å²) >= 11 is 0. The van der Waals surface area contributed by atoms with Crippen LogP contribution in [0.15, 0.2) is 48.5 Å². The van der Waals surface area contributed by atoms with Crippen LogP contribution in [-0.4, -0.2) is 79.0 Å². The first-order chi connectivity index (χ1) is 19.9. The number of likely N-dealkylation sites (tertiary alicyclic amines) is 2. The Kier molecular flexibility index (Phi) is 8.24. The number of nitrogens with one attached hydrogen (secondary N) is 2. The lowest BCUT2D eigenvalue weighted by atomic mass is 9.86. The first-order valence-electron chi connectivity index (χ1n) is 14.5. The third-order valence-electron chi connectivity index (χ3n) is 8.96. The summed E-state index contributed by atoms with van der Waals surface area (Å²) < 4.78 is 41.4. The molecule has 2 aromatic carbocycles. The highest BCUT2D eigenvalue weighted by atomic mass is 19.4. The van der Waals surface area contributed by atoms with E-state index in [-0.39, 0.29) is 30.0 Å². The average Bonchev–Trinajstić information content (AvgIpc) is 3.53. The van der Waals surface area contributed by atoms with E-state index in [9.17, 15) is 27.6 Å². The molecule has 11 heteroatoms. The van der Waals surface area contributed by atoms with Gasteiger partial charge >= 0.3 is 12.2 Å². The zero-order valence-electron chi connectivity index (χ0n) is 24.2. The van der Waals surface area contributed by atoms with Gasteiger partial charge in [0.1, 0.15) is 6.04 Å². The number of hydrogen-bond donors (Lipinski definition) is 2. The number of benzene rings is 2. The summed E-state index contributed by atoms with van der Waals surface area (Å²) in [4.78, 5) is 45.5. The zero-order valence-corrected chi connectivity index (χ0v) is 24.2. The van der Waals surface area contributed by atoms with Crippen LogP contribution in [0.5, 0.6) is 0 Å². The number of nitrogens with zero attached hydrogens (tertiary/aromatic N) is 3. The van der Waals surface area contributed by atoms with Crippen molar-refractivity contribution in [3.63, 3.8) is 0 Å². The van der Waals surface area contributed by atoms with Crippen LogP contribution in [0.1, 0.15) is 49.8 Å². The fourth-order valence-corrected chi connectivity index (χ4v) is 6.48. The molecule has 2 saturated heterocycles. The highest BCUT2D eigenvalue weighted by Crippen LogP contribution is 2.43. The summed E-state index contributed by atoms with van der Waals surface area (Å²) in [5.74, 6) is -0.399. The molecule has 0 aliphatic carbocycles. The Morgan fingerprint density at radius 3 is 2.29 bits per heavy atom. The van der Waals surface area contributed by atoms with Crippen molar-refractivity contribution in [3.05, 3.63) is 65.2 Å². The summed E-state index contributed by atoms with van der Waals surface area (Å²) in [7, 11) is 1.81. The van der Waals surface area contributed by atoms with Gasteiger partial charge in [0.15, 0.2) is 0 Å². The van der Waals surface area contributed by atoms with Crippen LogP contribution in [0, 0.1) is 0 Å². The molecule has 8 nitrogen and oxygen atoms in total. The largest absolute Gasteiger partial charge is 0.416 e. The van der Waals surface area contributed by atoms with E-state index in [1.54, 1.807) is 9.80 Å². The van der Waals surface area contributed by atoms with Crippen molar-refractivity contribution in [2.45, 2.75) is 69.2 Å². The van der Waals surface area contributed by atoms with Gasteiger partial charge in [0, 0.05) is 50.4 Å². The highest BCUT2D eigenvalue weighted by Gasteiger charge is 2.47. The molecule has 0 radical (unpaired) electrons. The summed E-state index contributed by atoms with van der Waals surface area (Å²) in [5.41, 5.74) is 0.349. The molecule has 2 atom stereocenters. The quantitative estimate of drug-likeness (QED) is 0.538. The number of carbonyl (C=O) groups is 3. The fraction of sp³-hybridized carbons (Fsp3) is 0.516. The summed E-state index contributed by atoms with van der Waals surface area (Å²) in [6.07, 6.45) is -3.07. The van der Waals surface area contributed by atoms with Gasteiger partial charge < -0.3 is 25.3 Å². The Hall–Kier alpha value is -3.60. The Morgan fingerprint density at radius 2 is 1.62 bits per heavy atom. The second-order valence-electron chi connectivity index (χ2n) is 12.0. The van der Waals surface area contributed by atoms with Crippen LogP contribution in [0.2, 0.25) is 0 Å². The lowest BCUT2D eigenvalue weighted by molar-refractivity contribution is -0.139. The van der Waals surface area contributed by atoms with E-state index in [1.165, 1.54) is 18.2 Å². The standard InChI is InChI=1S/C31H38F3N5O3/c1-30(2)24-10-6-7-11-26(24)39(28(30)41)22-13-16-37(17-14-22)27(40)25(36-29(42)38-15-12-21(19-38)35-3)18-20-8-4-5-9-23(20)31(32,33)34/h4-11,21-22,25,35H,12-19H2,1-3H3,(H,36,42). The molecule has 226 valence electrons. The SMILES string of the molecule is CNC1CCN(C(=O)NC(Cc2ccccc2C(F)(F)F)C(=O)N2CCC(N3C(=O)C(C)(C)c4ccccc43)CC2)C1. The minimum Gasteiger partial charge on any atom is -0.341 e. The van der Waals surface area contributed by atoms with Crippen molar-refractivity contribution in [3.8, 4) is 0 Å². The lowest BCUT2D eigenvalue weighted by Gasteiger charge is -2.39. The molecular weight excluding hydrogens is 547 g/mol. The minimum atomic E-state index is -4.59. The van der Waals surface area contributed by atoms with Crippen LogP contribution < -0.4 is 15.5 Å². The van der Waals surface area contributed by atoms with E-state index in [4.69, 9.17) is 0 Å². The van der Waals surface area contributed by atoms with Crippen molar-refractivity contribution in [2.75, 3.05) is 38.1 Å². The maximum atomic E-state index is 13.8. The minimum absolute atomic E-state index is 0.0212. The Labute approximate surface area is 244 Å². The van der Waals surface area contributed by atoms with Crippen LogP contribution in [0.4, 0.5) is 23.7 Å². The topological polar surface area (TPSA) is 85.0 Å². The molecule has 0 bridgehead atoms. The molecule has 4 amide bonds. The van der Waals surface area contributed by atoms with Gasteiger partial charge in [-0.1, -0.05) is 36.4 Å². The summed E-state index contributed by atoms with van der Waals surface area (Å²) in [6, 6.07) is 11.3. The summed E-state index contributed by atoms with van der Waals surface area (Å²) in [6.45, 7) is 5.43. The number of para-hydroxylation sites is 1. The smallest absolute Gasteiger partial charge is 0.341 e. The summed E-state index contributed by atoms with van der Waals surface area (Å²) in [5, 5.41) is 5.89. The van der Waals surface area contributed by atoms with E-state index in [0.717, 1.165) is 23.7 Å². The number of rotatable bonds is 6. The molecule has 3 aliphatic rings. The predicted octanol–water partition coefficient (Wildman–Crippen LogP) is 3.94. The van der Waals surface area contributed by atoms with E-state index in [1.807, 2.05) is 50.1 Å². The predicted molar refractivity (Wildman–Crippen MR) is 153 cm³/mol. The Bertz CT molecular complexity index is 1340. The van der Waals surface area contributed by atoms with E-state index >= 15 is 0 Å². The van der Waals surface area contributed by atoms with E-state index in [2.05, 4.69) is 10.6 Å². The molecule has 0 saturated carbocycles. The maximum Gasteiger partial charge on any atom is 0.416 e. The molecule has 2 aromatic rings. The molecule has 0 spiro atoms. The van der Waals surface area contributed by atoms with Gasteiger partial charge in [-0.2, -0.15) is 13.2 Å².